The van der Waals surface area contributed by atoms with E-state index >= 15 is 0 Å². The van der Waals surface area contributed by atoms with Gasteiger partial charge >= 0.3 is 0 Å². The standard InChI is InChI=1S/C21H20N2O3S/c1-14-4-2-3-5-17(14)21-23-16(13-27-21)7-9-20(24)22-15-6-8-18-19(12-15)26-11-10-25-18/h2-6,8,12-13H,7,9-11H2,1H3,(H,22,24). The Bertz CT molecular complexity index is 968. The second kappa shape index (κ2) is 7.80. The monoisotopic (exact) mass is 380 g/mol. The lowest BCUT2D eigenvalue weighted by atomic mass is 10.1. The maximum Gasteiger partial charge on any atom is 0.224 e. The number of anilines is 1. The Morgan fingerprint density at radius 3 is 2.81 bits per heavy atom. The van der Waals surface area contributed by atoms with Gasteiger partial charge in [-0.2, -0.15) is 0 Å². The van der Waals surface area contributed by atoms with E-state index in [2.05, 4.69) is 29.4 Å². The fourth-order valence-electron chi connectivity index (χ4n) is 2.94. The van der Waals surface area contributed by atoms with E-state index in [1.165, 1.54) is 5.56 Å². The number of hydrogen-bond acceptors (Lipinski definition) is 5. The van der Waals surface area contributed by atoms with E-state index in [0.29, 0.717) is 43.2 Å². The highest BCUT2D eigenvalue weighted by molar-refractivity contribution is 7.13. The Morgan fingerprint density at radius 1 is 1.15 bits per heavy atom. The highest BCUT2D eigenvalue weighted by Crippen LogP contribution is 2.32. The van der Waals surface area contributed by atoms with E-state index in [-0.39, 0.29) is 5.91 Å². The van der Waals surface area contributed by atoms with Crippen LogP contribution in [0.1, 0.15) is 17.7 Å². The summed E-state index contributed by atoms with van der Waals surface area (Å²) in [7, 11) is 0. The first-order valence-electron chi connectivity index (χ1n) is 8.89. The zero-order chi connectivity index (χ0) is 18.6. The van der Waals surface area contributed by atoms with Gasteiger partial charge in [-0.3, -0.25) is 4.79 Å². The molecule has 2 aromatic carbocycles. The topological polar surface area (TPSA) is 60.5 Å². The fourth-order valence-corrected chi connectivity index (χ4v) is 3.89. The van der Waals surface area contributed by atoms with Gasteiger partial charge in [0.15, 0.2) is 11.5 Å². The molecule has 0 unspecified atom stereocenters. The Labute approximate surface area is 162 Å². The number of amides is 1. The number of hydrogen-bond donors (Lipinski definition) is 1. The average molecular weight is 380 g/mol. The number of aromatic nitrogens is 1. The van der Waals surface area contributed by atoms with Crippen LogP contribution < -0.4 is 14.8 Å². The van der Waals surface area contributed by atoms with Gasteiger partial charge in [0.1, 0.15) is 18.2 Å². The van der Waals surface area contributed by atoms with Crippen LogP contribution in [0, 0.1) is 6.92 Å². The smallest absolute Gasteiger partial charge is 0.224 e. The van der Waals surface area contributed by atoms with Gasteiger partial charge in [-0.15, -0.1) is 11.3 Å². The van der Waals surface area contributed by atoms with Gasteiger partial charge in [-0.25, -0.2) is 4.98 Å². The highest BCUT2D eigenvalue weighted by atomic mass is 32.1. The van der Waals surface area contributed by atoms with Crippen molar-refractivity contribution < 1.29 is 14.3 Å². The number of nitrogens with one attached hydrogen (secondary N) is 1. The van der Waals surface area contributed by atoms with Crippen LogP contribution in [0.5, 0.6) is 11.5 Å². The number of benzene rings is 2. The minimum absolute atomic E-state index is 0.0443. The minimum atomic E-state index is -0.0443. The first kappa shape index (κ1) is 17.5. The number of nitrogens with zero attached hydrogens (tertiary/aromatic N) is 1. The number of carbonyl (C=O) groups is 1. The predicted molar refractivity (Wildman–Crippen MR) is 107 cm³/mol. The fraction of sp³-hybridized carbons (Fsp3) is 0.238. The third-order valence-corrected chi connectivity index (χ3v) is 5.29. The molecule has 4 rings (SSSR count). The van der Waals surface area contributed by atoms with Gasteiger partial charge in [0.05, 0.1) is 5.69 Å². The molecule has 1 aromatic heterocycles. The molecule has 0 aliphatic carbocycles. The summed E-state index contributed by atoms with van der Waals surface area (Å²) < 4.78 is 11.0. The summed E-state index contributed by atoms with van der Waals surface area (Å²) in [5, 5.41) is 5.93. The molecule has 2 heterocycles. The van der Waals surface area contributed by atoms with Crippen molar-refractivity contribution in [2.75, 3.05) is 18.5 Å². The molecule has 5 nitrogen and oxygen atoms in total. The maximum absolute atomic E-state index is 12.3. The molecular formula is C21H20N2O3S. The Kier molecular flexibility index (Phi) is 5.07. The number of ether oxygens (including phenoxy) is 2. The largest absolute Gasteiger partial charge is 0.486 e. The molecule has 0 radical (unpaired) electrons. The lowest BCUT2D eigenvalue weighted by Crippen LogP contribution is -2.16. The normalized spacial score (nSPS) is 12.6. The average Bonchev–Trinajstić information content (AvgIpc) is 3.15. The van der Waals surface area contributed by atoms with Crippen molar-refractivity contribution in [1.82, 2.24) is 4.98 Å². The van der Waals surface area contributed by atoms with Crippen LogP contribution in [0.15, 0.2) is 47.8 Å². The number of carbonyl (C=O) groups excluding carboxylic acids is 1. The second-order valence-electron chi connectivity index (χ2n) is 6.37. The van der Waals surface area contributed by atoms with E-state index in [1.54, 1.807) is 17.4 Å². The van der Waals surface area contributed by atoms with Gasteiger partial charge in [-0.1, -0.05) is 24.3 Å². The van der Waals surface area contributed by atoms with Crippen LogP contribution in [-0.2, 0) is 11.2 Å². The van der Waals surface area contributed by atoms with E-state index in [1.807, 2.05) is 29.6 Å². The second-order valence-corrected chi connectivity index (χ2v) is 7.22. The number of thiazole rings is 1. The Morgan fingerprint density at radius 2 is 1.96 bits per heavy atom. The lowest BCUT2D eigenvalue weighted by molar-refractivity contribution is -0.116. The lowest BCUT2D eigenvalue weighted by Gasteiger charge is -2.19. The van der Waals surface area contributed by atoms with Crippen LogP contribution in [0.3, 0.4) is 0 Å². The van der Waals surface area contributed by atoms with Crippen molar-refractivity contribution in [2.45, 2.75) is 19.8 Å². The SMILES string of the molecule is Cc1ccccc1-c1nc(CCC(=O)Nc2ccc3c(c2)OCCO3)cs1. The van der Waals surface area contributed by atoms with Gasteiger partial charge in [0, 0.05) is 29.1 Å². The molecule has 1 aliphatic heterocycles. The third kappa shape index (κ3) is 4.11. The summed E-state index contributed by atoms with van der Waals surface area (Å²) in [5.41, 5.74) is 4.00. The molecule has 6 heteroatoms. The summed E-state index contributed by atoms with van der Waals surface area (Å²) in [4.78, 5) is 17.0. The van der Waals surface area contributed by atoms with Crippen molar-refractivity contribution >= 4 is 22.9 Å². The van der Waals surface area contributed by atoms with Crippen LogP contribution >= 0.6 is 11.3 Å². The van der Waals surface area contributed by atoms with Crippen LogP contribution in [0.4, 0.5) is 5.69 Å². The first-order chi connectivity index (χ1) is 13.2. The molecule has 1 N–H and O–H groups in total. The van der Waals surface area contributed by atoms with Crippen molar-refractivity contribution in [2.24, 2.45) is 0 Å². The minimum Gasteiger partial charge on any atom is -0.486 e. The van der Waals surface area contributed by atoms with Crippen molar-refractivity contribution in [3.05, 3.63) is 59.1 Å². The molecule has 0 saturated carbocycles. The van der Waals surface area contributed by atoms with Gasteiger partial charge in [0.2, 0.25) is 5.91 Å². The Balaban J connectivity index is 1.35. The van der Waals surface area contributed by atoms with Gasteiger partial charge in [-0.05, 0) is 31.0 Å². The van der Waals surface area contributed by atoms with E-state index in [0.717, 1.165) is 16.3 Å². The summed E-state index contributed by atoms with van der Waals surface area (Å²) in [5.74, 6) is 1.34. The van der Waals surface area contributed by atoms with Crippen molar-refractivity contribution in [3.63, 3.8) is 0 Å². The number of rotatable bonds is 5. The molecule has 1 amide bonds. The Hall–Kier alpha value is -2.86. The number of fused-ring (bicyclic) bond motifs is 1. The molecular weight excluding hydrogens is 360 g/mol. The maximum atomic E-state index is 12.3. The van der Waals surface area contributed by atoms with E-state index in [9.17, 15) is 4.79 Å². The van der Waals surface area contributed by atoms with Crippen LogP contribution in [0.25, 0.3) is 10.6 Å². The predicted octanol–water partition coefficient (Wildman–Crippen LogP) is 4.46. The van der Waals surface area contributed by atoms with E-state index in [4.69, 9.17) is 9.47 Å². The van der Waals surface area contributed by atoms with Gasteiger partial charge < -0.3 is 14.8 Å². The third-order valence-electron chi connectivity index (χ3n) is 4.36. The molecule has 0 bridgehead atoms. The van der Waals surface area contributed by atoms with Crippen molar-refractivity contribution in [1.29, 1.82) is 0 Å². The number of aryl methyl sites for hydroxylation is 2. The molecule has 0 fully saturated rings. The quantitative estimate of drug-likeness (QED) is 0.710. The molecule has 0 spiro atoms. The molecule has 138 valence electrons. The molecule has 3 aromatic rings. The van der Waals surface area contributed by atoms with Crippen molar-refractivity contribution in [3.8, 4) is 22.1 Å². The summed E-state index contributed by atoms with van der Waals surface area (Å²) in [6, 6.07) is 13.6. The molecule has 0 saturated heterocycles. The van der Waals surface area contributed by atoms with Gasteiger partial charge in [0.25, 0.3) is 0 Å². The molecule has 1 aliphatic rings. The molecule has 27 heavy (non-hydrogen) atoms. The summed E-state index contributed by atoms with van der Waals surface area (Å²) in [6.45, 7) is 3.16. The molecule has 0 atom stereocenters. The first-order valence-corrected chi connectivity index (χ1v) is 9.77. The van der Waals surface area contributed by atoms with Crippen LogP contribution in [0.2, 0.25) is 0 Å². The zero-order valence-electron chi connectivity index (χ0n) is 15.0. The highest BCUT2D eigenvalue weighted by Gasteiger charge is 2.13. The van der Waals surface area contributed by atoms with Crippen LogP contribution in [-0.4, -0.2) is 24.1 Å². The summed E-state index contributed by atoms with van der Waals surface area (Å²) >= 11 is 1.61. The van der Waals surface area contributed by atoms with E-state index < -0.39 is 0 Å². The zero-order valence-corrected chi connectivity index (χ0v) is 15.8. The summed E-state index contributed by atoms with van der Waals surface area (Å²) in [6.07, 6.45) is 0.990.